The maximum absolute atomic E-state index is 10.7. The highest BCUT2D eigenvalue weighted by Crippen LogP contribution is 2.22. The smallest absolute Gasteiger partial charge is 0.316 e. The summed E-state index contributed by atoms with van der Waals surface area (Å²) >= 11 is 0. The average Bonchev–Trinajstić information content (AvgIpc) is 2.70. The van der Waals surface area contributed by atoms with Gasteiger partial charge in [0.2, 0.25) is 0 Å². The first-order valence-electron chi connectivity index (χ1n) is 6.39. The molecule has 1 unspecified atom stereocenters. The molecule has 0 fully saturated rings. The number of benzene rings is 1. The maximum atomic E-state index is 10.7. The van der Waals surface area contributed by atoms with E-state index in [0.29, 0.717) is 5.69 Å². The molecule has 1 aromatic carbocycles. The van der Waals surface area contributed by atoms with Crippen molar-refractivity contribution in [1.29, 1.82) is 0 Å². The molecule has 0 aliphatic heterocycles. The molecule has 106 valence electrons. The fourth-order valence-electron chi connectivity index (χ4n) is 2.16. The molecule has 0 radical (unpaired) electrons. The number of urea groups is 1. The lowest BCUT2D eigenvalue weighted by atomic mass is 10.1. The van der Waals surface area contributed by atoms with Gasteiger partial charge in [-0.3, -0.25) is 4.68 Å². The Labute approximate surface area is 118 Å². The molecule has 0 aliphatic rings. The first-order valence-corrected chi connectivity index (χ1v) is 6.39. The third-order valence-corrected chi connectivity index (χ3v) is 3.05. The van der Waals surface area contributed by atoms with Crippen LogP contribution in [0.4, 0.5) is 16.2 Å². The van der Waals surface area contributed by atoms with Gasteiger partial charge < -0.3 is 16.4 Å². The number of carbonyl (C=O) groups is 1. The van der Waals surface area contributed by atoms with Crippen molar-refractivity contribution in [3.63, 3.8) is 0 Å². The number of amides is 2. The minimum Gasteiger partial charge on any atom is -0.378 e. The number of rotatable bonds is 4. The average molecular weight is 273 g/mol. The largest absolute Gasteiger partial charge is 0.378 e. The zero-order valence-corrected chi connectivity index (χ0v) is 11.8. The van der Waals surface area contributed by atoms with Gasteiger partial charge >= 0.3 is 6.03 Å². The Morgan fingerprint density at radius 3 is 2.40 bits per heavy atom. The van der Waals surface area contributed by atoms with Crippen molar-refractivity contribution >= 4 is 17.4 Å². The van der Waals surface area contributed by atoms with Crippen LogP contribution in [0, 0.1) is 6.92 Å². The lowest BCUT2D eigenvalue weighted by Gasteiger charge is -2.15. The summed E-state index contributed by atoms with van der Waals surface area (Å²) < 4.78 is 1.81. The summed E-state index contributed by atoms with van der Waals surface area (Å²) in [7, 11) is 1.91. The van der Waals surface area contributed by atoms with Crippen molar-refractivity contribution in [2.75, 3.05) is 10.6 Å². The molecular weight excluding hydrogens is 254 g/mol. The van der Waals surface area contributed by atoms with Crippen LogP contribution in [-0.2, 0) is 7.05 Å². The van der Waals surface area contributed by atoms with Crippen molar-refractivity contribution in [3.8, 4) is 0 Å². The van der Waals surface area contributed by atoms with Crippen molar-refractivity contribution in [1.82, 2.24) is 9.78 Å². The van der Waals surface area contributed by atoms with Gasteiger partial charge in [-0.2, -0.15) is 5.10 Å². The van der Waals surface area contributed by atoms with Crippen LogP contribution in [0.15, 0.2) is 30.5 Å². The first kappa shape index (κ1) is 13.9. The summed E-state index contributed by atoms with van der Waals surface area (Å²) in [5.74, 6) is 0. The van der Waals surface area contributed by atoms with Crippen LogP contribution in [-0.4, -0.2) is 15.8 Å². The number of primary amides is 1. The van der Waals surface area contributed by atoms with E-state index >= 15 is 0 Å². The third-order valence-electron chi connectivity index (χ3n) is 3.05. The van der Waals surface area contributed by atoms with Gasteiger partial charge in [0.15, 0.2) is 0 Å². The van der Waals surface area contributed by atoms with Gasteiger partial charge in [0.05, 0.1) is 11.7 Å². The maximum Gasteiger partial charge on any atom is 0.316 e. The summed E-state index contributed by atoms with van der Waals surface area (Å²) in [4.78, 5) is 10.7. The van der Waals surface area contributed by atoms with Crippen molar-refractivity contribution in [3.05, 3.63) is 41.7 Å². The molecule has 0 saturated carbocycles. The van der Waals surface area contributed by atoms with Gasteiger partial charge in [0.1, 0.15) is 0 Å². The topological polar surface area (TPSA) is 85.0 Å². The number of hydrogen-bond donors (Lipinski definition) is 3. The summed E-state index contributed by atoms with van der Waals surface area (Å²) in [5, 5.41) is 10.3. The van der Waals surface area contributed by atoms with Crippen LogP contribution in [0.1, 0.15) is 24.2 Å². The van der Waals surface area contributed by atoms with Crippen LogP contribution < -0.4 is 16.4 Å². The normalized spacial score (nSPS) is 11.9. The number of nitrogens with two attached hydrogens (primary N) is 1. The Balaban J connectivity index is 2.06. The highest BCUT2D eigenvalue weighted by atomic mass is 16.2. The second-order valence-corrected chi connectivity index (χ2v) is 4.78. The minimum absolute atomic E-state index is 0.152. The van der Waals surface area contributed by atoms with Crippen LogP contribution in [0.3, 0.4) is 0 Å². The Kier molecular flexibility index (Phi) is 3.93. The number of nitrogens with zero attached hydrogens (tertiary/aromatic N) is 2. The molecule has 1 aromatic heterocycles. The van der Waals surface area contributed by atoms with Gasteiger partial charge in [0.25, 0.3) is 0 Å². The molecular formula is C14H19N5O. The van der Waals surface area contributed by atoms with E-state index in [4.69, 9.17) is 5.73 Å². The summed E-state index contributed by atoms with van der Waals surface area (Å²) in [6, 6.07) is 6.98. The Bertz CT molecular complexity index is 603. The van der Waals surface area contributed by atoms with Gasteiger partial charge in [-0.1, -0.05) is 0 Å². The summed E-state index contributed by atoms with van der Waals surface area (Å²) in [5.41, 5.74) is 8.88. The van der Waals surface area contributed by atoms with E-state index in [-0.39, 0.29) is 6.04 Å². The molecule has 4 N–H and O–H groups in total. The molecule has 0 aliphatic carbocycles. The second kappa shape index (κ2) is 5.64. The van der Waals surface area contributed by atoms with E-state index in [1.807, 2.05) is 37.0 Å². The standard InChI is InChI=1S/C14H19N5O/c1-9(13-8-19(3)18-10(13)2)16-11-4-6-12(7-5-11)17-14(15)20/h4-9,16H,1-3H3,(H3,15,17,20). The van der Waals surface area contributed by atoms with Gasteiger partial charge in [0, 0.05) is 30.2 Å². The van der Waals surface area contributed by atoms with Crippen LogP contribution >= 0.6 is 0 Å². The minimum atomic E-state index is -0.565. The van der Waals surface area contributed by atoms with Gasteiger partial charge in [-0.15, -0.1) is 0 Å². The van der Waals surface area contributed by atoms with Crippen molar-refractivity contribution in [2.24, 2.45) is 12.8 Å². The number of nitrogens with one attached hydrogen (secondary N) is 2. The van der Waals surface area contributed by atoms with E-state index in [2.05, 4.69) is 22.7 Å². The Hall–Kier alpha value is -2.50. The van der Waals surface area contributed by atoms with Gasteiger partial charge in [-0.05, 0) is 38.1 Å². The Morgan fingerprint density at radius 1 is 1.30 bits per heavy atom. The molecule has 1 heterocycles. The van der Waals surface area contributed by atoms with Crippen molar-refractivity contribution in [2.45, 2.75) is 19.9 Å². The van der Waals surface area contributed by atoms with Crippen molar-refractivity contribution < 1.29 is 4.79 Å². The third kappa shape index (κ3) is 3.28. The van der Waals surface area contributed by atoms with Crippen LogP contribution in [0.2, 0.25) is 0 Å². The highest BCUT2D eigenvalue weighted by Gasteiger charge is 2.11. The number of hydrogen-bond acceptors (Lipinski definition) is 3. The molecule has 0 bridgehead atoms. The van der Waals surface area contributed by atoms with E-state index in [0.717, 1.165) is 16.9 Å². The molecule has 20 heavy (non-hydrogen) atoms. The lowest BCUT2D eigenvalue weighted by Crippen LogP contribution is -2.19. The van der Waals surface area contributed by atoms with Gasteiger partial charge in [-0.25, -0.2) is 4.79 Å². The molecule has 6 nitrogen and oxygen atoms in total. The number of aromatic nitrogens is 2. The zero-order chi connectivity index (χ0) is 14.7. The SMILES string of the molecule is Cc1nn(C)cc1C(C)Nc1ccc(NC(N)=O)cc1. The molecule has 1 atom stereocenters. The fourth-order valence-corrected chi connectivity index (χ4v) is 2.16. The van der Waals surface area contributed by atoms with E-state index < -0.39 is 6.03 Å². The Morgan fingerprint density at radius 2 is 1.90 bits per heavy atom. The fraction of sp³-hybridized carbons (Fsp3) is 0.286. The summed E-state index contributed by atoms with van der Waals surface area (Å²) in [6.45, 7) is 4.08. The molecule has 0 spiro atoms. The van der Waals surface area contributed by atoms with Crippen LogP contribution in [0.5, 0.6) is 0 Å². The van der Waals surface area contributed by atoms with E-state index in [1.54, 1.807) is 12.1 Å². The molecule has 6 heteroatoms. The number of anilines is 2. The number of aryl methyl sites for hydroxylation is 2. The first-order chi connectivity index (χ1) is 9.45. The molecule has 2 rings (SSSR count). The quantitative estimate of drug-likeness (QED) is 0.799. The summed E-state index contributed by atoms with van der Waals surface area (Å²) in [6.07, 6.45) is 2.01. The highest BCUT2D eigenvalue weighted by molar-refractivity contribution is 5.87. The second-order valence-electron chi connectivity index (χ2n) is 4.78. The predicted molar refractivity (Wildman–Crippen MR) is 79.6 cm³/mol. The predicted octanol–water partition coefficient (Wildman–Crippen LogP) is 2.39. The zero-order valence-electron chi connectivity index (χ0n) is 11.8. The van der Waals surface area contributed by atoms with E-state index in [9.17, 15) is 4.79 Å². The van der Waals surface area contributed by atoms with E-state index in [1.165, 1.54) is 0 Å². The monoisotopic (exact) mass is 273 g/mol. The molecule has 2 aromatic rings. The molecule has 2 amide bonds. The lowest BCUT2D eigenvalue weighted by molar-refractivity contribution is 0.259. The number of carbonyl (C=O) groups excluding carboxylic acids is 1. The van der Waals surface area contributed by atoms with Crippen LogP contribution in [0.25, 0.3) is 0 Å². The molecule has 0 saturated heterocycles.